The summed E-state index contributed by atoms with van der Waals surface area (Å²) < 4.78 is 0. The molecule has 0 spiro atoms. The molecule has 1 atom stereocenters. The van der Waals surface area contributed by atoms with Gasteiger partial charge < -0.3 is 11.1 Å². The van der Waals surface area contributed by atoms with E-state index in [0.29, 0.717) is 12.0 Å². The Hall–Kier alpha value is -0.610. The van der Waals surface area contributed by atoms with Crippen LogP contribution in [0.3, 0.4) is 0 Å². The van der Waals surface area contributed by atoms with Crippen LogP contribution in [0.5, 0.6) is 0 Å². The SMILES string of the molecule is CCC(CC)NC(=O)C(C)N1CC(N)(C2CC2)C1. The van der Waals surface area contributed by atoms with Gasteiger partial charge in [0.25, 0.3) is 0 Å². The van der Waals surface area contributed by atoms with Gasteiger partial charge in [-0.15, -0.1) is 0 Å². The first-order chi connectivity index (χ1) is 8.50. The van der Waals surface area contributed by atoms with Gasteiger partial charge in [-0.05, 0) is 38.5 Å². The summed E-state index contributed by atoms with van der Waals surface area (Å²) in [6, 6.07) is 0.272. The van der Waals surface area contributed by atoms with Crippen molar-refractivity contribution in [2.24, 2.45) is 11.7 Å². The summed E-state index contributed by atoms with van der Waals surface area (Å²) in [7, 11) is 0. The molecule has 0 aromatic heterocycles. The monoisotopic (exact) mass is 253 g/mol. The topological polar surface area (TPSA) is 58.4 Å². The Morgan fingerprint density at radius 3 is 2.39 bits per heavy atom. The molecule has 1 unspecified atom stereocenters. The molecule has 0 aromatic carbocycles. The summed E-state index contributed by atoms with van der Waals surface area (Å²) in [5.74, 6) is 0.865. The fraction of sp³-hybridized carbons (Fsp3) is 0.929. The second-order valence-corrected chi connectivity index (χ2v) is 6.11. The third-order valence-electron chi connectivity index (χ3n) is 4.64. The normalized spacial score (nSPS) is 24.7. The van der Waals surface area contributed by atoms with Crippen molar-refractivity contribution in [3.8, 4) is 0 Å². The van der Waals surface area contributed by atoms with E-state index in [1.807, 2.05) is 6.92 Å². The zero-order valence-electron chi connectivity index (χ0n) is 11.9. The minimum Gasteiger partial charge on any atom is -0.352 e. The molecular formula is C14H27N3O. The average Bonchev–Trinajstić information content (AvgIpc) is 3.15. The summed E-state index contributed by atoms with van der Waals surface area (Å²) >= 11 is 0. The van der Waals surface area contributed by atoms with Crippen molar-refractivity contribution in [3.63, 3.8) is 0 Å². The summed E-state index contributed by atoms with van der Waals surface area (Å²) in [5.41, 5.74) is 6.32. The molecule has 2 aliphatic rings. The van der Waals surface area contributed by atoms with E-state index < -0.39 is 0 Å². The first kappa shape index (κ1) is 13.8. The van der Waals surface area contributed by atoms with E-state index in [9.17, 15) is 4.79 Å². The molecular weight excluding hydrogens is 226 g/mol. The van der Waals surface area contributed by atoms with Crippen molar-refractivity contribution in [2.45, 2.75) is 64.1 Å². The minimum atomic E-state index is -0.0407. The zero-order chi connectivity index (χ0) is 13.3. The summed E-state index contributed by atoms with van der Waals surface area (Å²) in [6.07, 6.45) is 4.55. The van der Waals surface area contributed by atoms with Gasteiger partial charge in [-0.2, -0.15) is 0 Å². The molecule has 4 heteroatoms. The largest absolute Gasteiger partial charge is 0.352 e. The fourth-order valence-electron chi connectivity index (χ4n) is 2.88. The highest BCUT2D eigenvalue weighted by Gasteiger charge is 2.51. The molecule has 104 valence electrons. The van der Waals surface area contributed by atoms with Crippen LogP contribution >= 0.6 is 0 Å². The molecule has 0 radical (unpaired) electrons. The molecule has 3 N–H and O–H groups in total. The number of amides is 1. The van der Waals surface area contributed by atoms with E-state index in [2.05, 4.69) is 24.1 Å². The van der Waals surface area contributed by atoms with Crippen molar-refractivity contribution in [1.82, 2.24) is 10.2 Å². The first-order valence-electron chi connectivity index (χ1n) is 7.33. The molecule has 1 aliphatic heterocycles. The molecule has 0 aromatic rings. The van der Waals surface area contributed by atoms with Crippen molar-refractivity contribution < 1.29 is 4.79 Å². The number of nitrogens with zero attached hydrogens (tertiary/aromatic N) is 1. The molecule has 1 aliphatic carbocycles. The van der Waals surface area contributed by atoms with Crippen LogP contribution in [0.1, 0.15) is 46.5 Å². The number of carbonyl (C=O) groups excluding carboxylic acids is 1. The smallest absolute Gasteiger partial charge is 0.237 e. The van der Waals surface area contributed by atoms with E-state index in [4.69, 9.17) is 5.73 Å². The molecule has 2 fully saturated rings. The highest BCUT2D eigenvalue weighted by atomic mass is 16.2. The van der Waals surface area contributed by atoms with Gasteiger partial charge in [0.1, 0.15) is 0 Å². The quantitative estimate of drug-likeness (QED) is 0.745. The minimum absolute atomic E-state index is 0.00343. The zero-order valence-corrected chi connectivity index (χ0v) is 11.9. The number of hydrogen-bond donors (Lipinski definition) is 2. The number of rotatable bonds is 6. The van der Waals surface area contributed by atoms with E-state index in [1.54, 1.807) is 0 Å². The second kappa shape index (κ2) is 5.17. The molecule has 1 amide bonds. The lowest BCUT2D eigenvalue weighted by atomic mass is 9.84. The van der Waals surface area contributed by atoms with Gasteiger partial charge in [-0.3, -0.25) is 9.69 Å². The maximum atomic E-state index is 12.1. The van der Waals surface area contributed by atoms with Crippen molar-refractivity contribution >= 4 is 5.91 Å². The van der Waals surface area contributed by atoms with Crippen LogP contribution in [-0.2, 0) is 4.79 Å². The standard InChI is InChI=1S/C14H27N3O/c1-4-12(5-2)16-13(18)10(3)17-8-14(15,9-17)11-6-7-11/h10-12H,4-9,15H2,1-3H3,(H,16,18). The van der Waals surface area contributed by atoms with Crippen LogP contribution in [0.4, 0.5) is 0 Å². The van der Waals surface area contributed by atoms with Gasteiger partial charge in [-0.25, -0.2) is 0 Å². The van der Waals surface area contributed by atoms with Crippen molar-refractivity contribution in [3.05, 3.63) is 0 Å². The summed E-state index contributed by atoms with van der Waals surface area (Å²) in [6.45, 7) is 7.98. The van der Waals surface area contributed by atoms with Crippen LogP contribution in [-0.4, -0.2) is 41.5 Å². The van der Waals surface area contributed by atoms with E-state index >= 15 is 0 Å². The number of hydrogen-bond acceptors (Lipinski definition) is 3. The summed E-state index contributed by atoms with van der Waals surface area (Å²) in [4.78, 5) is 14.3. The van der Waals surface area contributed by atoms with Gasteiger partial charge in [-0.1, -0.05) is 13.8 Å². The Labute approximate surface area is 110 Å². The molecule has 1 heterocycles. The van der Waals surface area contributed by atoms with Gasteiger partial charge in [0, 0.05) is 24.7 Å². The van der Waals surface area contributed by atoms with Crippen LogP contribution in [0.15, 0.2) is 0 Å². The van der Waals surface area contributed by atoms with Crippen LogP contribution in [0.25, 0.3) is 0 Å². The van der Waals surface area contributed by atoms with Crippen LogP contribution < -0.4 is 11.1 Å². The highest BCUT2D eigenvalue weighted by molar-refractivity contribution is 5.81. The fourth-order valence-corrected chi connectivity index (χ4v) is 2.88. The second-order valence-electron chi connectivity index (χ2n) is 6.11. The van der Waals surface area contributed by atoms with Gasteiger partial charge in [0.15, 0.2) is 0 Å². The highest BCUT2D eigenvalue weighted by Crippen LogP contribution is 2.43. The number of likely N-dealkylation sites (tertiary alicyclic amines) is 1. The van der Waals surface area contributed by atoms with E-state index in [1.165, 1.54) is 12.8 Å². The van der Waals surface area contributed by atoms with Crippen molar-refractivity contribution in [1.29, 1.82) is 0 Å². The molecule has 0 bridgehead atoms. The van der Waals surface area contributed by atoms with Gasteiger partial charge >= 0.3 is 0 Å². The maximum Gasteiger partial charge on any atom is 0.237 e. The molecule has 1 saturated heterocycles. The van der Waals surface area contributed by atoms with E-state index in [0.717, 1.165) is 25.9 Å². The lowest BCUT2D eigenvalue weighted by Crippen LogP contribution is -2.72. The molecule has 4 nitrogen and oxygen atoms in total. The van der Waals surface area contributed by atoms with Gasteiger partial charge in [0.05, 0.1) is 6.04 Å². The average molecular weight is 253 g/mol. The van der Waals surface area contributed by atoms with Gasteiger partial charge in [0.2, 0.25) is 5.91 Å². The third kappa shape index (κ3) is 2.69. The van der Waals surface area contributed by atoms with Crippen LogP contribution in [0, 0.1) is 5.92 Å². The van der Waals surface area contributed by atoms with E-state index in [-0.39, 0.29) is 17.5 Å². The molecule has 2 rings (SSSR count). The molecule has 1 saturated carbocycles. The Morgan fingerprint density at radius 1 is 1.39 bits per heavy atom. The number of carbonyl (C=O) groups is 1. The molecule has 18 heavy (non-hydrogen) atoms. The Balaban J connectivity index is 1.78. The predicted octanol–water partition coefficient (Wildman–Crippen LogP) is 1.10. The number of nitrogens with two attached hydrogens (primary N) is 1. The summed E-state index contributed by atoms with van der Waals surface area (Å²) in [5, 5.41) is 3.12. The lowest BCUT2D eigenvalue weighted by Gasteiger charge is -2.50. The lowest BCUT2D eigenvalue weighted by molar-refractivity contribution is -0.130. The predicted molar refractivity (Wildman–Crippen MR) is 73.2 cm³/mol. The number of nitrogens with one attached hydrogen (secondary N) is 1. The Morgan fingerprint density at radius 2 is 1.94 bits per heavy atom. The third-order valence-corrected chi connectivity index (χ3v) is 4.64. The Bertz CT molecular complexity index is 304. The Kier molecular flexibility index (Phi) is 3.97. The first-order valence-corrected chi connectivity index (χ1v) is 7.33. The van der Waals surface area contributed by atoms with Crippen molar-refractivity contribution in [2.75, 3.05) is 13.1 Å². The maximum absolute atomic E-state index is 12.1. The van der Waals surface area contributed by atoms with Crippen LogP contribution in [0.2, 0.25) is 0 Å².